The van der Waals surface area contributed by atoms with Crippen LogP contribution in [-0.2, 0) is 54.7 Å². The normalized spacial score (nSPS) is 19.6. The number of likely N-dealkylation sites (N-methyl/N-ethyl adjacent to an activating group) is 2. The molecule has 3 aliphatic rings. The highest BCUT2D eigenvalue weighted by Crippen LogP contribution is 2.36. The number of nitrogens with zero attached hydrogens (tertiary/aromatic N) is 3. The van der Waals surface area contributed by atoms with Crippen molar-refractivity contribution in [2.45, 2.75) is 168 Å². The first kappa shape index (κ1) is 62.4. The topological polar surface area (TPSA) is 201 Å². The molecule has 6 N–H and O–H groups in total. The smallest absolute Gasteiger partial charge is 0.251 e. The van der Waals surface area contributed by atoms with Crippen molar-refractivity contribution in [2.75, 3.05) is 20.6 Å². The second kappa shape index (κ2) is 26.9. The van der Waals surface area contributed by atoms with Crippen LogP contribution in [0.2, 0.25) is 0 Å². The lowest BCUT2D eigenvalue weighted by molar-refractivity contribution is -0.152. The lowest BCUT2D eigenvalue weighted by atomic mass is 9.83. The summed E-state index contributed by atoms with van der Waals surface area (Å²) in [5.74, 6) is -2.72. The second-order valence-corrected chi connectivity index (χ2v) is 25.4. The molecule has 446 valence electrons. The van der Waals surface area contributed by atoms with Crippen molar-refractivity contribution in [3.05, 3.63) is 178 Å². The van der Waals surface area contributed by atoms with Gasteiger partial charge in [-0.3, -0.25) is 33.6 Å². The number of hydrogen-bond donors (Lipinski definition) is 6. The number of aryl methyl sites for hydroxylation is 1. The highest BCUT2D eigenvalue weighted by Gasteiger charge is 2.48. The number of carbonyl (C=O) groups excluding carboxylic acids is 7. The van der Waals surface area contributed by atoms with Crippen LogP contribution in [0, 0.1) is 10.8 Å². The molecule has 0 bridgehead atoms. The van der Waals surface area contributed by atoms with Crippen molar-refractivity contribution in [1.82, 2.24) is 46.6 Å². The Kier molecular flexibility index (Phi) is 20.0. The molecule has 0 radical (unpaired) electrons. The van der Waals surface area contributed by atoms with Crippen molar-refractivity contribution >= 4 is 41.4 Å². The van der Waals surface area contributed by atoms with Crippen LogP contribution in [0.4, 0.5) is 0 Å². The molecule has 9 atom stereocenters. The van der Waals surface area contributed by atoms with E-state index in [-0.39, 0.29) is 74.0 Å². The maximum atomic E-state index is 16.1. The third-order valence-electron chi connectivity index (χ3n) is 17.3. The Hall–Kier alpha value is -7.69. The molecule has 0 spiro atoms. The first-order valence-electron chi connectivity index (χ1n) is 29.8. The Balaban J connectivity index is 1.10. The molecule has 1 fully saturated rings. The van der Waals surface area contributed by atoms with Gasteiger partial charge in [0.1, 0.15) is 24.2 Å². The minimum absolute atomic E-state index is 0.0358. The van der Waals surface area contributed by atoms with E-state index >= 15 is 9.59 Å². The Morgan fingerprint density at radius 2 is 1.11 bits per heavy atom. The molecule has 2 heterocycles. The number of amides is 7. The van der Waals surface area contributed by atoms with E-state index < -0.39 is 71.0 Å². The fourth-order valence-electron chi connectivity index (χ4n) is 12.1. The number of hydrogen-bond acceptors (Lipinski definition) is 9. The molecule has 3 unspecified atom stereocenters. The Morgan fingerprint density at radius 3 is 1.65 bits per heavy atom. The van der Waals surface area contributed by atoms with Crippen molar-refractivity contribution in [3.8, 4) is 0 Å². The van der Waals surface area contributed by atoms with Gasteiger partial charge in [-0.2, -0.15) is 0 Å². The first-order chi connectivity index (χ1) is 40.0. The van der Waals surface area contributed by atoms with Gasteiger partial charge in [-0.05, 0) is 122 Å². The second-order valence-electron chi connectivity index (χ2n) is 25.4. The Bertz CT molecular complexity index is 3100. The highest BCUT2D eigenvalue weighted by atomic mass is 16.2. The van der Waals surface area contributed by atoms with Crippen molar-refractivity contribution < 1.29 is 33.6 Å². The summed E-state index contributed by atoms with van der Waals surface area (Å²) >= 11 is 0. The minimum atomic E-state index is -0.976. The molecule has 16 heteroatoms. The Labute approximate surface area is 496 Å². The first-order valence-corrected chi connectivity index (χ1v) is 29.8. The number of likely N-dealkylation sites (tertiary alicyclic amines) is 1. The molecular weight excluding hydrogens is 1050 g/mol. The summed E-state index contributed by atoms with van der Waals surface area (Å²) < 4.78 is 0. The third-order valence-corrected chi connectivity index (χ3v) is 17.3. The summed E-state index contributed by atoms with van der Waals surface area (Å²) in [5.41, 5.74) is 5.76. The average Bonchev–Trinajstić information content (AvgIpc) is 3.44. The number of fused-ring (bicyclic) bond motifs is 2. The zero-order chi connectivity index (χ0) is 60.6. The van der Waals surface area contributed by atoms with Crippen LogP contribution >= 0.6 is 0 Å². The minimum Gasteiger partial charge on any atom is -0.347 e. The van der Waals surface area contributed by atoms with Crippen molar-refractivity contribution in [3.63, 3.8) is 0 Å². The van der Waals surface area contributed by atoms with Gasteiger partial charge in [-0.15, -0.1) is 0 Å². The molecule has 1 aliphatic carbocycles. The molecule has 0 saturated carbocycles. The quantitative estimate of drug-likeness (QED) is 0.0489. The van der Waals surface area contributed by atoms with E-state index in [1.165, 1.54) is 10.5 Å². The van der Waals surface area contributed by atoms with E-state index in [2.05, 4.69) is 62.2 Å². The molecule has 1 saturated heterocycles. The predicted molar refractivity (Wildman–Crippen MR) is 327 cm³/mol. The van der Waals surface area contributed by atoms with Crippen LogP contribution in [0.1, 0.15) is 143 Å². The van der Waals surface area contributed by atoms with Crippen LogP contribution in [0.3, 0.4) is 0 Å². The zero-order valence-corrected chi connectivity index (χ0v) is 50.8. The van der Waals surface area contributed by atoms with Gasteiger partial charge in [-0.1, -0.05) is 163 Å². The number of benzene rings is 5. The Morgan fingerprint density at radius 1 is 0.595 bits per heavy atom. The highest BCUT2D eigenvalue weighted by molar-refractivity contribution is 5.97. The number of rotatable bonds is 19. The summed E-state index contributed by atoms with van der Waals surface area (Å²) in [5, 5.41) is 18.3. The standard InChI is InChI=1S/C68H87N9O7/c1-42(69-10)60(78)73-58(67(4,5)6)65(83)76-40-51-29-19-18-28-50(51)37-56(76)64(82)75(44(3)57(47-24-14-12-15-25-47)48-26-16-13-17-27-48)39-45-33-35-49(36-34-45)62(80)71-52-38-55(63(81)72-54-32-22-30-46-23-20-21-31-53(46)54)77(41-52)66(84)59(68(7,8)9)74-61(79)43(2)70-11/h12-21,23-29,31,33-36,42-44,52,54-59,69-70H,22,30,32,37-41H2,1-11H3,(H,71,80)(H,72,81)(H,73,78)(H,74,79)/t42-,43-,44?,52?,54?,55-,56-,58+,59+/m0/s1. The summed E-state index contributed by atoms with van der Waals surface area (Å²) in [6, 6.07) is 36.9. The van der Waals surface area contributed by atoms with Crippen LogP contribution in [0.5, 0.6) is 0 Å². The van der Waals surface area contributed by atoms with Crippen LogP contribution in [0.25, 0.3) is 0 Å². The molecule has 0 aromatic heterocycles. The lowest BCUT2D eigenvalue weighted by Crippen LogP contribution is -2.62. The molecule has 5 aromatic carbocycles. The van der Waals surface area contributed by atoms with E-state index in [1.54, 1.807) is 45.0 Å². The number of carbonyl (C=O) groups is 7. The molecule has 5 aromatic rings. The van der Waals surface area contributed by atoms with Gasteiger partial charge < -0.3 is 46.6 Å². The van der Waals surface area contributed by atoms with Gasteiger partial charge in [0.25, 0.3) is 5.91 Å². The number of nitrogens with one attached hydrogen (secondary N) is 6. The van der Waals surface area contributed by atoms with Crippen molar-refractivity contribution in [1.29, 1.82) is 0 Å². The largest absolute Gasteiger partial charge is 0.347 e. The predicted octanol–water partition coefficient (Wildman–Crippen LogP) is 7.36. The molecule has 7 amide bonds. The van der Waals surface area contributed by atoms with Gasteiger partial charge in [0.05, 0.1) is 18.1 Å². The SMILES string of the molecule is CN[C@@H](C)C(=O)N[C@H](C(=O)N1CC(NC(=O)c2ccc(CN(C(=O)[C@@H]3Cc4ccccc4CN3C(=O)[C@@H](NC(=O)[C@H](C)NC)C(C)(C)C)C(C)C(c3ccccc3)c3ccccc3)cc2)C[C@H]1C(=O)NC1CCCc2ccccc21)C(C)(C)C. The van der Waals surface area contributed by atoms with E-state index in [9.17, 15) is 24.0 Å². The average molecular weight is 1140 g/mol. The van der Waals surface area contributed by atoms with E-state index in [4.69, 9.17) is 0 Å². The van der Waals surface area contributed by atoms with Gasteiger partial charge in [0, 0.05) is 49.6 Å². The summed E-state index contributed by atoms with van der Waals surface area (Å²) in [6.45, 7) is 17.2. The van der Waals surface area contributed by atoms with Gasteiger partial charge in [0.15, 0.2) is 0 Å². The zero-order valence-electron chi connectivity index (χ0n) is 50.8. The monoisotopic (exact) mass is 1140 g/mol. The molecule has 16 nitrogen and oxygen atoms in total. The van der Waals surface area contributed by atoms with Crippen LogP contribution in [-0.4, -0.2) is 125 Å². The van der Waals surface area contributed by atoms with E-state index in [0.717, 1.165) is 52.6 Å². The van der Waals surface area contributed by atoms with Gasteiger partial charge in [-0.25, -0.2) is 0 Å². The fraction of sp³-hybridized carbons (Fsp3) is 0.456. The molecule has 2 aliphatic heterocycles. The summed E-state index contributed by atoms with van der Waals surface area (Å²) in [4.78, 5) is 107. The van der Waals surface area contributed by atoms with Gasteiger partial charge >= 0.3 is 0 Å². The summed E-state index contributed by atoms with van der Waals surface area (Å²) in [7, 11) is 3.36. The maximum absolute atomic E-state index is 16.1. The van der Waals surface area contributed by atoms with Crippen LogP contribution < -0.4 is 31.9 Å². The third kappa shape index (κ3) is 14.4. The van der Waals surface area contributed by atoms with Crippen LogP contribution in [0.15, 0.2) is 133 Å². The molecular formula is C68H87N9O7. The maximum Gasteiger partial charge on any atom is 0.251 e. The molecule has 8 rings (SSSR count). The fourth-order valence-corrected chi connectivity index (χ4v) is 12.1. The van der Waals surface area contributed by atoms with E-state index in [1.807, 2.05) is 144 Å². The summed E-state index contributed by atoms with van der Waals surface area (Å²) in [6.07, 6.45) is 2.96. The van der Waals surface area contributed by atoms with E-state index in [0.29, 0.717) is 5.56 Å². The molecule has 84 heavy (non-hydrogen) atoms. The lowest BCUT2D eigenvalue weighted by Gasteiger charge is -2.44. The van der Waals surface area contributed by atoms with Crippen molar-refractivity contribution in [2.24, 2.45) is 10.8 Å². The van der Waals surface area contributed by atoms with Gasteiger partial charge in [0.2, 0.25) is 35.4 Å².